The van der Waals surface area contributed by atoms with Crippen molar-refractivity contribution in [2.24, 2.45) is 0 Å². The van der Waals surface area contributed by atoms with Crippen LogP contribution in [0.4, 0.5) is 5.69 Å². The lowest BCUT2D eigenvalue weighted by Crippen LogP contribution is -2.23. The number of hydrogen-bond acceptors (Lipinski definition) is 4. The van der Waals surface area contributed by atoms with Gasteiger partial charge in [0.2, 0.25) is 5.91 Å². The topological polar surface area (TPSA) is 92.2 Å². The van der Waals surface area contributed by atoms with E-state index in [1.165, 1.54) is 10.8 Å². The summed E-state index contributed by atoms with van der Waals surface area (Å²) in [6.45, 7) is 3.74. The highest BCUT2D eigenvalue weighted by Gasteiger charge is 2.13. The Bertz CT molecular complexity index is 908. The third-order valence-electron chi connectivity index (χ3n) is 3.67. The number of fused-ring (bicyclic) bond motifs is 1. The fourth-order valence-electron chi connectivity index (χ4n) is 2.38. The van der Waals surface area contributed by atoms with E-state index < -0.39 is 0 Å². The van der Waals surface area contributed by atoms with Crippen LogP contribution in [0.15, 0.2) is 35.4 Å². The Balaban J connectivity index is 1.71. The van der Waals surface area contributed by atoms with Crippen molar-refractivity contribution in [3.05, 3.63) is 57.8 Å². The largest absolute Gasteiger partial charge is 0.326 e. The van der Waals surface area contributed by atoms with Crippen LogP contribution in [0, 0.1) is 13.8 Å². The van der Waals surface area contributed by atoms with Gasteiger partial charge in [-0.1, -0.05) is 17.7 Å². The standard InChI is InChI=1S/C16H17N5O2/c1-10-3-5-12(6-4-10)20-14(22)8-7-13-11(2)19-16-17-9-18-21(16)15(13)23/h3-6,9H,7-8H2,1-2H3,(H,20,22)(H,17,18,19). The van der Waals surface area contributed by atoms with Crippen LogP contribution < -0.4 is 10.9 Å². The van der Waals surface area contributed by atoms with Gasteiger partial charge in [0.05, 0.1) is 5.69 Å². The molecule has 23 heavy (non-hydrogen) atoms. The SMILES string of the molecule is Cc1ccc(NC(=O)CCc2c(C)nc3nc[nH]n3c2=O)cc1. The van der Waals surface area contributed by atoms with E-state index >= 15 is 0 Å². The quantitative estimate of drug-likeness (QED) is 0.765. The number of anilines is 1. The van der Waals surface area contributed by atoms with Crippen LogP contribution in [0.2, 0.25) is 0 Å². The van der Waals surface area contributed by atoms with Crippen LogP contribution in [0.1, 0.15) is 23.2 Å². The number of benzene rings is 1. The van der Waals surface area contributed by atoms with Crippen molar-refractivity contribution in [2.75, 3.05) is 5.32 Å². The number of carbonyl (C=O) groups excluding carboxylic acids is 1. The van der Waals surface area contributed by atoms with Gasteiger partial charge in [0.1, 0.15) is 6.33 Å². The van der Waals surface area contributed by atoms with E-state index in [-0.39, 0.29) is 17.9 Å². The molecule has 0 saturated carbocycles. The second-order valence-corrected chi connectivity index (χ2v) is 5.42. The highest BCUT2D eigenvalue weighted by molar-refractivity contribution is 5.90. The van der Waals surface area contributed by atoms with Gasteiger partial charge in [0, 0.05) is 17.7 Å². The molecule has 0 saturated heterocycles. The van der Waals surface area contributed by atoms with E-state index in [2.05, 4.69) is 20.4 Å². The summed E-state index contributed by atoms with van der Waals surface area (Å²) in [5.74, 6) is 0.197. The molecule has 1 aromatic carbocycles. The average molecular weight is 311 g/mol. The maximum absolute atomic E-state index is 12.3. The molecule has 0 atom stereocenters. The molecule has 0 aliphatic carbocycles. The number of nitrogens with one attached hydrogen (secondary N) is 2. The maximum Gasteiger partial charge on any atom is 0.277 e. The molecule has 0 fully saturated rings. The molecule has 118 valence electrons. The van der Waals surface area contributed by atoms with E-state index in [0.717, 1.165) is 11.3 Å². The highest BCUT2D eigenvalue weighted by atomic mass is 16.1. The zero-order chi connectivity index (χ0) is 16.4. The van der Waals surface area contributed by atoms with Crippen molar-refractivity contribution in [3.63, 3.8) is 0 Å². The smallest absolute Gasteiger partial charge is 0.277 e. The summed E-state index contributed by atoms with van der Waals surface area (Å²) >= 11 is 0. The van der Waals surface area contributed by atoms with Gasteiger partial charge in [-0.2, -0.15) is 4.52 Å². The predicted molar refractivity (Wildman–Crippen MR) is 86.5 cm³/mol. The molecule has 2 heterocycles. The number of rotatable bonds is 4. The van der Waals surface area contributed by atoms with Crippen molar-refractivity contribution in [2.45, 2.75) is 26.7 Å². The molecule has 2 N–H and O–H groups in total. The van der Waals surface area contributed by atoms with E-state index in [4.69, 9.17) is 0 Å². The molecule has 1 amide bonds. The Morgan fingerprint density at radius 3 is 2.74 bits per heavy atom. The summed E-state index contributed by atoms with van der Waals surface area (Å²) in [4.78, 5) is 32.6. The third-order valence-corrected chi connectivity index (χ3v) is 3.67. The average Bonchev–Trinajstić information content (AvgIpc) is 2.98. The first-order chi connectivity index (χ1) is 11.0. The van der Waals surface area contributed by atoms with Crippen molar-refractivity contribution in [1.29, 1.82) is 0 Å². The molecule has 0 bridgehead atoms. The minimum Gasteiger partial charge on any atom is -0.326 e. The molecule has 3 rings (SSSR count). The van der Waals surface area contributed by atoms with Gasteiger partial charge >= 0.3 is 0 Å². The summed E-state index contributed by atoms with van der Waals surface area (Å²) in [5, 5.41) is 5.54. The van der Waals surface area contributed by atoms with Crippen molar-refractivity contribution >= 4 is 17.4 Å². The zero-order valence-corrected chi connectivity index (χ0v) is 13.0. The Morgan fingerprint density at radius 1 is 1.26 bits per heavy atom. The number of aromatic amines is 1. The number of H-pyrrole nitrogens is 1. The van der Waals surface area contributed by atoms with E-state index in [0.29, 0.717) is 23.5 Å². The maximum atomic E-state index is 12.3. The fraction of sp³-hybridized carbons (Fsp3) is 0.250. The van der Waals surface area contributed by atoms with Crippen LogP contribution in [0.5, 0.6) is 0 Å². The number of nitrogens with zero attached hydrogens (tertiary/aromatic N) is 3. The highest BCUT2D eigenvalue weighted by Crippen LogP contribution is 2.10. The molecular formula is C16H17N5O2. The van der Waals surface area contributed by atoms with Gasteiger partial charge < -0.3 is 5.32 Å². The van der Waals surface area contributed by atoms with E-state index in [9.17, 15) is 9.59 Å². The fourth-order valence-corrected chi connectivity index (χ4v) is 2.38. The van der Waals surface area contributed by atoms with Crippen LogP contribution in [-0.2, 0) is 11.2 Å². The predicted octanol–water partition coefficient (Wildman–Crippen LogP) is 1.61. The molecular weight excluding hydrogens is 294 g/mol. The van der Waals surface area contributed by atoms with Gasteiger partial charge in [-0.15, -0.1) is 0 Å². The molecule has 3 aromatic rings. The first-order valence-corrected chi connectivity index (χ1v) is 7.33. The lowest BCUT2D eigenvalue weighted by Gasteiger charge is -2.07. The van der Waals surface area contributed by atoms with Crippen molar-refractivity contribution in [3.8, 4) is 0 Å². The Morgan fingerprint density at radius 2 is 2.00 bits per heavy atom. The summed E-state index contributed by atoms with van der Waals surface area (Å²) in [7, 11) is 0. The van der Waals surface area contributed by atoms with Gasteiger partial charge in [-0.3, -0.25) is 14.7 Å². The molecule has 0 radical (unpaired) electrons. The van der Waals surface area contributed by atoms with Crippen molar-refractivity contribution < 1.29 is 4.79 Å². The summed E-state index contributed by atoms with van der Waals surface area (Å²) in [5.41, 5.74) is 2.78. The second-order valence-electron chi connectivity index (χ2n) is 5.42. The van der Waals surface area contributed by atoms with Gasteiger partial charge in [0.15, 0.2) is 0 Å². The zero-order valence-electron chi connectivity index (χ0n) is 13.0. The third kappa shape index (κ3) is 3.13. The van der Waals surface area contributed by atoms with Crippen LogP contribution in [0.25, 0.3) is 5.78 Å². The normalized spacial score (nSPS) is 10.9. The minimum absolute atomic E-state index is 0.137. The van der Waals surface area contributed by atoms with Crippen LogP contribution >= 0.6 is 0 Å². The van der Waals surface area contributed by atoms with E-state index in [1.807, 2.05) is 31.2 Å². The molecule has 7 heteroatoms. The molecule has 2 aromatic heterocycles. The lowest BCUT2D eigenvalue weighted by molar-refractivity contribution is -0.116. The summed E-state index contributed by atoms with van der Waals surface area (Å²) < 4.78 is 1.28. The Kier molecular flexibility index (Phi) is 3.92. The number of aromatic nitrogens is 4. The second kappa shape index (κ2) is 6.04. The number of carbonyl (C=O) groups is 1. The number of amides is 1. The lowest BCUT2D eigenvalue weighted by atomic mass is 10.1. The molecule has 0 unspecified atom stereocenters. The van der Waals surface area contributed by atoms with Crippen molar-refractivity contribution in [1.82, 2.24) is 19.6 Å². The monoisotopic (exact) mass is 311 g/mol. The van der Waals surface area contributed by atoms with E-state index in [1.54, 1.807) is 6.92 Å². The Hall–Kier alpha value is -2.96. The number of hydrogen-bond donors (Lipinski definition) is 2. The first kappa shape index (κ1) is 15.0. The molecule has 0 spiro atoms. The first-order valence-electron chi connectivity index (χ1n) is 7.33. The molecule has 7 nitrogen and oxygen atoms in total. The molecule has 0 aliphatic heterocycles. The Labute approximate surface area is 132 Å². The van der Waals surface area contributed by atoms with Gasteiger partial charge in [-0.25, -0.2) is 9.97 Å². The summed E-state index contributed by atoms with van der Waals surface area (Å²) in [6, 6.07) is 7.57. The summed E-state index contributed by atoms with van der Waals surface area (Å²) in [6.07, 6.45) is 1.96. The minimum atomic E-state index is -0.215. The number of aryl methyl sites for hydroxylation is 2. The van der Waals surface area contributed by atoms with Crippen LogP contribution in [0.3, 0.4) is 0 Å². The molecule has 0 aliphatic rings. The van der Waals surface area contributed by atoms with Crippen LogP contribution in [-0.4, -0.2) is 25.5 Å². The van der Waals surface area contributed by atoms with Gasteiger partial charge in [-0.05, 0) is 32.4 Å². The van der Waals surface area contributed by atoms with Gasteiger partial charge in [0.25, 0.3) is 11.3 Å².